The molecular formula is C13H14BrNO. The summed E-state index contributed by atoms with van der Waals surface area (Å²) in [5, 5.41) is 0. The SMILES string of the molecule is C=CCN(C(=O)c1ccc(Br)cc1)C1CC1. The van der Waals surface area contributed by atoms with Gasteiger partial charge >= 0.3 is 0 Å². The Hall–Kier alpha value is -1.09. The fourth-order valence-corrected chi connectivity index (χ4v) is 1.95. The average molecular weight is 280 g/mol. The molecule has 1 amide bonds. The Morgan fingerprint density at radius 3 is 2.56 bits per heavy atom. The van der Waals surface area contributed by atoms with E-state index in [0.717, 1.165) is 22.9 Å². The summed E-state index contributed by atoms with van der Waals surface area (Å²) >= 11 is 3.36. The molecular weight excluding hydrogens is 266 g/mol. The summed E-state index contributed by atoms with van der Waals surface area (Å²) in [6.45, 7) is 4.34. The molecule has 2 nitrogen and oxygen atoms in total. The Balaban J connectivity index is 2.15. The molecule has 0 unspecified atom stereocenters. The maximum Gasteiger partial charge on any atom is 0.254 e. The van der Waals surface area contributed by atoms with Crippen LogP contribution in [0.5, 0.6) is 0 Å². The van der Waals surface area contributed by atoms with Gasteiger partial charge in [0.05, 0.1) is 0 Å². The van der Waals surface area contributed by atoms with Crippen LogP contribution in [0.1, 0.15) is 23.2 Å². The molecule has 16 heavy (non-hydrogen) atoms. The van der Waals surface area contributed by atoms with Gasteiger partial charge in [0.15, 0.2) is 0 Å². The summed E-state index contributed by atoms with van der Waals surface area (Å²) in [7, 11) is 0. The molecule has 0 atom stereocenters. The molecule has 2 rings (SSSR count). The molecule has 1 fully saturated rings. The van der Waals surface area contributed by atoms with E-state index in [-0.39, 0.29) is 5.91 Å². The highest BCUT2D eigenvalue weighted by atomic mass is 79.9. The van der Waals surface area contributed by atoms with Crippen molar-refractivity contribution in [3.63, 3.8) is 0 Å². The van der Waals surface area contributed by atoms with Gasteiger partial charge in [0.1, 0.15) is 0 Å². The van der Waals surface area contributed by atoms with Gasteiger partial charge < -0.3 is 4.90 Å². The van der Waals surface area contributed by atoms with Crippen molar-refractivity contribution in [2.75, 3.05) is 6.54 Å². The minimum atomic E-state index is 0.106. The Morgan fingerprint density at radius 1 is 1.44 bits per heavy atom. The highest BCUT2D eigenvalue weighted by molar-refractivity contribution is 9.10. The fraction of sp³-hybridized carbons (Fsp3) is 0.308. The number of rotatable bonds is 4. The first-order chi connectivity index (χ1) is 7.72. The average Bonchev–Trinajstić information content (AvgIpc) is 3.10. The van der Waals surface area contributed by atoms with Gasteiger partial charge in [-0.3, -0.25) is 4.79 Å². The fourth-order valence-electron chi connectivity index (χ4n) is 1.68. The zero-order chi connectivity index (χ0) is 11.5. The lowest BCUT2D eigenvalue weighted by molar-refractivity contribution is 0.0762. The lowest BCUT2D eigenvalue weighted by atomic mass is 10.2. The second kappa shape index (κ2) is 4.83. The van der Waals surface area contributed by atoms with Crippen LogP contribution >= 0.6 is 15.9 Å². The Kier molecular flexibility index (Phi) is 3.44. The first-order valence-electron chi connectivity index (χ1n) is 5.40. The van der Waals surface area contributed by atoms with Crippen LogP contribution in [0.3, 0.4) is 0 Å². The maximum atomic E-state index is 12.2. The van der Waals surface area contributed by atoms with Crippen molar-refractivity contribution in [2.45, 2.75) is 18.9 Å². The molecule has 3 heteroatoms. The largest absolute Gasteiger partial charge is 0.332 e. The molecule has 0 radical (unpaired) electrons. The van der Waals surface area contributed by atoms with Crippen LogP contribution in [0.25, 0.3) is 0 Å². The van der Waals surface area contributed by atoms with Crippen LogP contribution in [0.4, 0.5) is 0 Å². The van der Waals surface area contributed by atoms with Crippen molar-refractivity contribution in [2.24, 2.45) is 0 Å². The summed E-state index contributed by atoms with van der Waals surface area (Å²) < 4.78 is 0.991. The molecule has 1 saturated carbocycles. The van der Waals surface area contributed by atoms with Crippen molar-refractivity contribution in [3.8, 4) is 0 Å². The van der Waals surface area contributed by atoms with E-state index in [4.69, 9.17) is 0 Å². The van der Waals surface area contributed by atoms with Crippen molar-refractivity contribution in [1.82, 2.24) is 4.90 Å². The van der Waals surface area contributed by atoms with E-state index in [1.54, 1.807) is 6.08 Å². The molecule has 0 aromatic heterocycles. The van der Waals surface area contributed by atoms with E-state index in [0.29, 0.717) is 12.6 Å². The van der Waals surface area contributed by atoms with Gasteiger partial charge in [-0.05, 0) is 37.1 Å². The summed E-state index contributed by atoms with van der Waals surface area (Å²) in [4.78, 5) is 14.1. The molecule has 0 aliphatic heterocycles. The zero-order valence-corrected chi connectivity index (χ0v) is 10.6. The predicted octanol–water partition coefficient (Wildman–Crippen LogP) is 3.24. The minimum Gasteiger partial charge on any atom is -0.332 e. The van der Waals surface area contributed by atoms with Crippen LogP contribution in [0.15, 0.2) is 41.4 Å². The Bertz CT molecular complexity index is 395. The van der Waals surface area contributed by atoms with Gasteiger partial charge in [-0.2, -0.15) is 0 Å². The lowest BCUT2D eigenvalue weighted by Crippen LogP contribution is -2.33. The van der Waals surface area contributed by atoms with E-state index in [1.807, 2.05) is 29.2 Å². The summed E-state index contributed by atoms with van der Waals surface area (Å²) in [6.07, 6.45) is 4.03. The minimum absolute atomic E-state index is 0.106. The highest BCUT2D eigenvalue weighted by Gasteiger charge is 2.32. The molecule has 1 aromatic rings. The quantitative estimate of drug-likeness (QED) is 0.775. The van der Waals surface area contributed by atoms with Crippen LogP contribution in [-0.4, -0.2) is 23.4 Å². The number of carbonyl (C=O) groups is 1. The number of amides is 1. The van der Waals surface area contributed by atoms with Gasteiger partial charge in [0.2, 0.25) is 0 Å². The summed E-state index contributed by atoms with van der Waals surface area (Å²) in [6, 6.07) is 7.92. The Morgan fingerprint density at radius 2 is 2.06 bits per heavy atom. The molecule has 0 saturated heterocycles. The molecule has 0 bridgehead atoms. The van der Waals surface area contributed by atoms with Gasteiger partial charge in [-0.15, -0.1) is 6.58 Å². The second-order valence-corrected chi connectivity index (χ2v) is 4.90. The number of halogens is 1. The van der Waals surface area contributed by atoms with E-state index in [1.165, 1.54) is 0 Å². The third-order valence-corrected chi connectivity index (χ3v) is 3.19. The van der Waals surface area contributed by atoms with Crippen LogP contribution < -0.4 is 0 Å². The van der Waals surface area contributed by atoms with E-state index in [2.05, 4.69) is 22.5 Å². The second-order valence-electron chi connectivity index (χ2n) is 3.98. The monoisotopic (exact) mass is 279 g/mol. The molecule has 84 valence electrons. The van der Waals surface area contributed by atoms with E-state index in [9.17, 15) is 4.79 Å². The smallest absolute Gasteiger partial charge is 0.254 e. The first kappa shape index (κ1) is 11.4. The summed E-state index contributed by atoms with van der Waals surface area (Å²) in [5.74, 6) is 0.106. The van der Waals surface area contributed by atoms with Crippen LogP contribution in [0.2, 0.25) is 0 Å². The first-order valence-corrected chi connectivity index (χ1v) is 6.19. The molecule has 1 aromatic carbocycles. The topological polar surface area (TPSA) is 20.3 Å². The molecule has 0 heterocycles. The van der Waals surface area contributed by atoms with Crippen molar-refractivity contribution < 1.29 is 4.79 Å². The highest BCUT2D eigenvalue weighted by Crippen LogP contribution is 2.28. The standard InChI is InChI=1S/C13H14BrNO/c1-2-9-15(12-7-8-12)13(16)10-3-5-11(14)6-4-10/h2-6,12H,1,7-9H2. The number of benzene rings is 1. The number of hydrogen-bond acceptors (Lipinski definition) is 1. The van der Waals surface area contributed by atoms with Crippen molar-refractivity contribution in [1.29, 1.82) is 0 Å². The van der Waals surface area contributed by atoms with Gasteiger partial charge in [-0.25, -0.2) is 0 Å². The third kappa shape index (κ3) is 2.53. The normalized spacial score (nSPS) is 14.6. The van der Waals surface area contributed by atoms with Crippen molar-refractivity contribution in [3.05, 3.63) is 47.0 Å². The lowest BCUT2D eigenvalue weighted by Gasteiger charge is -2.20. The molecule has 1 aliphatic carbocycles. The Labute approximate surface area is 104 Å². The predicted molar refractivity (Wildman–Crippen MR) is 68.4 cm³/mol. The maximum absolute atomic E-state index is 12.2. The zero-order valence-electron chi connectivity index (χ0n) is 9.03. The van der Waals surface area contributed by atoms with Crippen LogP contribution in [0, 0.1) is 0 Å². The third-order valence-electron chi connectivity index (χ3n) is 2.67. The molecule has 0 spiro atoms. The van der Waals surface area contributed by atoms with Gasteiger partial charge in [-0.1, -0.05) is 22.0 Å². The molecule has 0 N–H and O–H groups in total. The summed E-state index contributed by atoms with van der Waals surface area (Å²) in [5.41, 5.74) is 0.747. The number of nitrogens with zero attached hydrogens (tertiary/aromatic N) is 1. The number of carbonyl (C=O) groups excluding carboxylic acids is 1. The molecule has 1 aliphatic rings. The number of hydrogen-bond donors (Lipinski definition) is 0. The van der Waals surface area contributed by atoms with Gasteiger partial charge in [0, 0.05) is 22.6 Å². The van der Waals surface area contributed by atoms with E-state index < -0.39 is 0 Å². The van der Waals surface area contributed by atoms with Crippen molar-refractivity contribution >= 4 is 21.8 Å². The van der Waals surface area contributed by atoms with Gasteiger partial charge in [0.25, 0.3) is 5.91 Å². The van der Waals surface area contributed by atoms with E-state index >= 15 is 0 Å². The van der Waals surface area contributed by atoms with Crippen LogP contribution in [-0.2, 0) is 0 Å².